The zero-order valence-electron chi connectivity index (χ0n) is 9.12. The van der Waals surface area contributed by atoms with Gasteiger partial charge in [0.15, 0.2) is 0 Å². The number of nitrogens with one attached hydrogen (secondary N) is 2. The lowest BCUT2D eigenvalue weighted by Crippen LogP contribution is -2.13. The van der Waals surface area contributed by atoms with E-state index < -0.39 is 0 Å². The number of halogens is 1. The quantitative estimate of drug-likeness (QED) is 0.764. The van der Waals surface area contributed by atoms with Crippen molar-refractivity contribution in [3.63, 3.8) is 0 Å². The van der Waals surface area contributed by atoms with Crippen LogP contribution in [0.4, 0.5) is 11.5 Å². The van der Waals surface area contributed by atoms with Crippen molar-refractivity contribution >= 4 is 29.0 Å². The molecular formula is C11H11ClN4O. The first-order valence-corrected chi connectivity index (χ1v) is 5.32. The number of nitrogens with zero attached hydrogens (tertiary/aromatic N) is 1. The molecule has 0 saturated carbocycles. The predicted octanol–water partition coefficient (Wildman–Crippen LogP) is 2.21. The first-order chi connectivity index (χ1) is 8.08. The minimum absolute atomic E-state index is 0.238. The molecule has 4 N–H and O–H groups in total. The number of anilines is 2. The molecule has 5 nitrogen and oxygen atoms in total. The highest BCUT2D eigenvalue weighted by atomic mass is 35.5. The fourth-order valence-corrected chi connectivity index (χ4v) is 1.57. The average Bonchev–Trinajstić information content (AvgIpc) is 2.70. The van der Waals surface area contributed by atoms with Gasteiger partial charge in [0.2, 0.25) is 0 Å². The Kier molecular flexibility index (Phi) is 3.01. The molecule has 1 heterocycles. The standard InChI is InChI=1S/C11H11ClN4O/c1-6-2-3-7(12)4-9(6)15-11(17)8-5-14-16-10(8)13/h2-5H,1H3,(H,15,17)(H3,13,14,16). The number of benzene rings is 1. The van der Waals surface area contributed by atoms with Crippen LogP contribution < -0.4 is 11.1 Å². The molecule has 0 atom stereocenters. The summed E-state index contributed by atoms with van der Waals surface area (Å²) in [5.74, 6) is -0.0798. The van der Waals surface area contributed by atoms with Crippen LogP contribution in [0.2, 0.25) is 5.02 Å². The summed E-state index contributed by atoms with van der Waals surface area (Å²) >= 11 is 5.86. The molecule has 0 aliphatic heterocycles. The highest BCUT2D eigenvalue weighted by Crippen LogP contribution is 2.21. The molecule has 2 aromatic rings. The predicted molar refractivity (Wildman–Crippen MR) is 67.1 cm³/mol. The molecule has 1 aromatic carbocycles. The Labute approximate surface area is 103 Å². The number of amides is 1. The molecule has 2 rings (SSSR count). The molecule has 6 heteroatoms. The fourth-order valence-electron chi connectivity index (χ4n) is 1.40. The molecule has 0 aliphatic rings. The second kappa shape index (κ2) is 4.47. The Morgan fingerprint density at radius 3 is 2.94 bits per heavy atom. The van der Waals surface area contributed by atoms with E-state index >= 15 is 0 Å². The minimum Gasteiger partial charge on any atom is -0.383 e. The SMILES string of the molecule is Cc1ccc(Cl)cc1NC(=O)c1cn[nH]c1N. The number of aromatic amines is 1. The van der Waals surface area contributed by atoms with Gasteiger partial charge in [-0.1, -0.05) is 17.7 Å². The smallest absolute Gasteiger partial charge is 0.261 e. The lowest BCUT2D eigenvalue weighted by Gasteiger charge is -2.08. The van der Waals surface area contributed by atoms with Crippen LogP contribution in [0, 0.1) is 6.92 Å². The van der Waals surface area contributed by atoms with Gasteiger partial charge in [0.1, 0.15) is 11.4 Å². The van der Waals surface area contributed by atoms with Gasteiger partial charge >= 0.3 is 0 Å². The number of aryl methyl sites for hydroxylation is 1. The molecule has 88 valence electrons. The monoisotopic (exact) mass is 250 g/mol. The van der Waals surface area contributed by atoms with Gasteiger partial charge in [-0.05, 0) is 24.6 Å². The number of hydrogen-bond acceptors (Lipinski definition) is 3. The molecular weight excluding hydrogens is 240 g/mol. The zero-order valence-corrected chi connectivity index (χ0v) is 9.88. The van der Waals surface area contributed by atoms with Crippen molar-refractivity contribution in [2.45, 2.75) is 6.92 Å². The van der Waals surface area contributed by atoms with E-state index in [0.29, 0.717) is 16.3 Å². The maximum atomic E-state index is 11.9. The molecule has 17 heavy (non-hydrogen) atoms. The summed E-state index contributed by atoms with van der Waals surface area (Å²) in [7, 11) is 0. The van der Waals surface area contributed by atoms with Crippen molar-refractivity contribution in [2.75, 3.05) is 11.1 Å². The molecule has 0 fully saturated rings. The van der Waals surface area contributed by atoms with E-state index in [1.807, 2.05) is 13.0 Å². The number of nitrogens with two attached hydrogens (primary N) is 1. The maximum absolute atomic E-state index is 11.9. The van der Waals surface area contributed by atoms with E-state index in [2.05, 4.69) is 15.5 Å². The van der Waals surface area contributed by atoms with E-state index in [1.54, 1.807) is 12.1 Å². The summed E-state index contributed by atoms with van der Waals surface area (Å²) in [4.78, 5) is 11.9. The molecule has 1 aromatic heterocycles. The second-order valence-electron chi connectivity index (χ2n) is 3.61. The van der Waals surface area contributed by atoms with Crippen molar-refractivity contribution in [2.24, 2.45) is 0 Å². The number of hydrogen-bond donors (Lipinski definition) is 3. The van der Waals surface area contributed by atoms with Gasteiger partial charge in [-0.25, -0.2) is 0 Å². The largest absolute Gasteiger partial charge is 0.383 e. The van der Waals surface area contributed by atoms with Crippen LogP contribution >= 0.6 is 11.6 Å². The summed E-state index contributed by atoms with van der Waals surface area (Å²) in [5, 5.41) is 9.48. The first-order valence-electron chi connectivity index (χ1n) is 4.94. The fraction of sp³-hybridized carbons (Fsp3) is 0.0909. The van der Waals surface area contributed by atoms with E-state index in [0.717, 1.165) is 5.56 Å². The number of rotatable bonds is 2. The summed E-state index contributed by atoms with van der Waals surface area (Å²) in [5.41, 5.74) is 7.44. The zero-order chi connectivity index (χ0) is 12.4. The van der Waals surface area contributed by atoms with Gasteiger partial charge in [0.25, 0.3) is 5.91 Å². The van der Waals surface area contributed by atoms with Crippen LogP contribution in [-0.4, -0.2) is 16.1 Å². The Bertz CT molecular complexity index is 564. The number of carbonyl (C=O) groups is 1. The van der Waals surface area contributed by atoms with Crippen LogP contribution in [0.3, 0.4) is 0 Å². The van der Waals surface area contributed by atoms with Gasteiger partial charge < -0.3 is 11.1 Å². The van der Waals surface area contributed by atoms with E-state index in [9.17, 15) is 4.79 Å². The van der Waals surface area contributed by atoms with Crippen molar-refractivity contribution in [3.8, 4) is 0 Å². The highest BCUT2D eigenvalue weighted by molar-refractivity contribution is 6.31. The summed E-state index contributed by atoms with van der Waals surface area (Å²) in [6, 6.07) is 5.28. The van der Waals surface area contributed by atoms with Crippen molar-refractivity contribution in [1.29, 1.82) is 0 Å². The van der Waals surface area contributed by atoms with Gasteiger partial charge in [-0.2, -0.15) is 5.10 Å². The van der Waals surface area contributed by atoms with Crippen LogP contribution in [0.15, 0.2) is 24.4 Å². The molecule has 0 aliphatic carbocycles. The second-order valence-corrected chi connectivity index (χ2v) is 4.05. The average molecular weight is 251 g/mol. The number of carbonyl (C=O) groups excluding carboxylic acids is 1. The van der Waals surface area contributed by atoms with Gasteiger partial charge in [0.05, 0.1) is 6.20 Å². The van der Waals surface area contributed by atoms with Crippen LogP contribution in [-0.2, 0) is 0 Å². The van der Waals surface area contributed by atoms with Gasteiger partial charge in [-0.15, -0.1) is 0 Å². The van der Waals surface area contributed by atoms with Crippen LogP contribution in [0.1, 0.15) is 15.9 Å². The highest BCUT2D eigenvalue weighted by Gasteiger charge is 2.12. The molecule has 0 saturated heterocycles. The van der Waals surface area contributed by atoms with Crippen molar-refractivity contribution in [1.82, 2.24) is 10.2 Å². The summed E-state index contributed by atoms with van der Waals surface area (Å²) in [6.45, 7) is 1.88. The molecule has 1 amide bonds. The number of aromatic nitrogens is 2. The molecule has 0 radical (unpaired) electrons. The van der Waals surface area contributed by atoms with Crippen molar-refractivity contribution < 1.29 is 4.79 Å². The molecule has 0 spiro atoms. The Balaban J connectivity index is 2.24. The molecule has 0 unspecified atom stereocenters. The van der Waals surface area contributed by atoms with Crippen LogP contribution in [0.5, 0.6) is 0 Å². The van der Waals surface area contributed by atoms with Gasteiger partial charge in [0, 0.05) is 10.7 Å². The Hall–Kier alpha value is -2.01. The lowest BCUT2D eigenvalue weighted by atomic mass is 10.2. The minimum atomic E-state index is -0.318. The summed E-state index contributed by atoms with van der Waals surface area (Å²) < 4.78 is 0. The maximum Gasteiger partial charge on any atom is 0.261 e. The normalized spacial score (nSPS) is 10.2. The van der Waals surface area contributed by atoms with E-state index in [4.69, 9.17) is 17.3 Å². The Morgan fingerprint density at radius 2 is 2.29 bits per heavy atom. The van der Waals surface area contributed by atoms with Crippen LogP contribution in [0.25, 0.3) is 0 Å². The van der Waals surface area contributed by atoms with E-state index in [-0.39, 0.29) is 11.7 Å². The lowest BCUT2D eigenvalue weighted by molar-refractivity contribution is 0.102. The third-order valence-electron chi connectivity index (χ3n) is 2.36. The number of nitrogen functional groups attached to an aromatic ring is 1. The third kappa shape index (κ3) is 2.39. The summed E-state index contributed by atoms with van der Waals surface area (Å²) in [6.07, 6.45) is 1.38. The number of H-pyrrole nitrogens is 1. The first kappa shape index (κ1) is 11.5. The Morgan fingerprint density at radius 1 is 1.53 bits per heavy atom. The molecule has 0 bridgehead atoms. The third-order valence-corrected chi connectivity index (χ3v) is 2.60. The topological polar surface area (TPSA) is 83.8 Å². The van der Waals surface area contributed by atoms with E-state index in [1.165, 1.54) is 6.20 Å². The van der Waals surface area contributed by atoms with Crippen molar-refractivity contribution in [3.05, 3.63) is 40.5 Å². The van der Waals surface area contributed by atoms with Gasteiger partial charge in [-0.3, -0.25) is 9.89 Å².